The first-order valence-corrected chi connectivity index (χ1v) is 8.13. The second-order valence-corrected chi connectivity index (χ2v) is 6.55. The number of benzene rings is 1. The predicted molar refractivity (Wildman–Crippen MR) is 78.4 cm³/mol. The Balaban J connectivity index is 2.06. The first-order chi connectivity index (χ1) is 9.94. The van der Waals surface area contributed by atoms with Gasteiger partial charge in [-0.2, -0.15) is 0 Å². The van der Waals surface area contributed by atoms with Crippen molar-refractivity contribution in [3.63, 3.8) is 0 Å². The van der Waals surface area contributed by atoms with Gasteiger partial charge >= 0.3 is 0 Å². The molecule has 7 nitrogen and oxygen atoms in total. The second-order valence-electron chi connectivity index (χ2n) is 4.82. The fourth-order valence-electron chi connectivity index (χ4n) is 2.21. The summed E-state index contributed by atoms with van der Waals surface area (Å²) in [6.45, 7) is 1.12. The normalized spacial score (nSPS) is 15.2. The van der Waals surface area contributed by atoms with Gasteiger partial charge in [-0.05, 0) is 25.0 Å². The summed E-state index contributed by atoms with van der Waals surface area (Å²) in [7, 11) is -2.35. The lowest BCUT2D eigenvalue weighted by Crippen LogP contribution is -2.38. The van der Waals surface area contributed by atoms with Crippen molar-refractivity contribution in [1.29, 1.82) is 0 Å². The number of anilines is 1. The molecule has 0 aromatic heterocycles. The first-order valence-electron chi connectivity index (χ1n) is 6.65. The number of likely N-dealkylation sites (tertiary alicyclic amines) is 1. The summed E-state index contributed by atoms with van der Waals surface area (Å²) >= 11 is 0. The van der Waals surface area contributed by atoms with Gasteiger partial charge in [-0.15, -0.1) is 0 Å². The number of nitrogens with one attached hydrogen (secondary N) is 1. The van der Waals surface area contributed by atoms with Gasteiger partial charge in [0, 0.05) is 19.2 Å². The van der Waals surface area contributed by atoms with Crippen LogP contribution in [0.4, 0.5) is 5.69 Å². The molecule has 1 fully saturated rings. The van der Waals surface area contributed by atoms with Crippen molar-refractivity contribution in [3.05, 3.63) is 18.2 Å². The van der Waals surface area contributed by atoms with Crippen molar-refractivity contribution >= 4 is 21.6 Å². The summed E-state index contributed by atoms with van der Waals surface area (Å²) in [4.78, 5) is 13.5. The van der Waals surface area contributed by atoms with Crippen LogP contribution >= 0.6 is 0 Å². The van der Waals surface area contributed by atoms with Crippen molar-refractivity contribution in [3.8, 4) is 5.75 Å². The largest absolute Gasteiger partial charge is 0.497 e. The Kier molecular flexibility index (Phi) is 4.69. The minimum Gasteiger partial charge on any atom is -0.497 e. The van der Waals surface area contributed by atoms with Crippen molar-refractivity contribution in [2.24, 2.45) is 0 Å². The van der Waals surface area contributed by atoms with Crippen LogP contribution in [0.5, 0.6) is 5.75 Å². The highest BCUT2D eigenvalue weighted by molar-refractivity contribution is 7.89. The highest BCUT2D eigenvalue weighted by Gasteiger charge is 2.22. The molecule has 21 heavy (non-hydrogen) atoms. The van der Waals surface area contributed by atoms with E-state index in [-0.39, 0.29) is 23.0 Å². The molecule has 0 aliphatic carbocycles. The third-order valence-electron chi connectivity index (χ3n) is 3.38. The molecule has 1 aromatic rings. The van der Waals surface area contributed by atoms with Gasteiger partial charge in [0.2, 0.25) is 15.9 Å². The third-order valence-corrected chi connectivity index (χ3v) is 4.85. The standard InChI is InChI=1S/C13H19N3O4S/c1-20-10-4-5-12(11(14)8-10)21(18,19)15-9-13(17)16-6-2-3-7-16/h4-5,8,15H,2-3,6-7,9,14H2,1H3. The molecule has 8 heteroatoms. The lowest BCUT2D eigenvalue weighted by Gasteiger charge is -2.16. The van der Waals surface area contributed by atoms with Crippen LogP contribution in [-0.4, -0.2) is 46.0 Å². The summed E-state index contributed by atoms with van der Waals surface area (Å²) in [5.41, 5.74) is 5.80. The zero-order valence-electron chi connectivity index (χ0n) is 11.8. The smallest absolute Gasteiger partial charge is 0.243 e. The number of methoxy groups -OCH3 is 1. The molecule has 116 valence electrons. The molecule has 0 atom stereocenters. The molecule has 1 amide bonds. The van der Waals surface area contributed by atoms with E-state index in [0.29, 0.717) is 18.8 Å². The average molecular weight is 313 g/mol. The Morgan fingerprint density at radius 2 is 2.05 bits per heavy atom. The number of ether oxygens (including phenoxy) is 1. The number of hydrogen-bond acceptors (Lipinski definition) is 5. The molecule has 1 heterocycles. The van der Waals surface area contributed by atoms with Crippen LogP contribution in [0.3, 0.4) is 0 Å². The molecule has 0 saturated carbocycles. The van der Waals surface area contributed by atoms with Crippen molar-refractivity contribution < 1.29 is 17.9 Å². The Hall–Kier alpha value is -1.80. The second kappa shape index (κ2) is 6.31. The SMILES string of the molecule is COc1ccc(S(=O)(=O)NCC(=O)N2CCCC2)c(N)c1. The van der Waals surface area contributed by atoms with Gasteiger partial charge < -0.3 is 15.4 Å². The van der Waals surface area contributed by atoms with Crippen LogP contribution in [0.15, 0.2) is 23.1 Å². The van der Waals surface area contributed by atoms with E-state index >= 15 is 0 Å². The van der Waals surface area contributed by atoms with Crippen LogP contribution in [-0.2, 0) is 14.8 Å². The van der Waals surface area contributed by atoms with Gasteiger partial charge in [-0.25, -0.2) is 13.1 Å². The number of nitrogens with zero attached hydrogens (tertiary/aromatic N) is 1. The highest BCUT2D eigenvalue weighted by Crippen LogP contribution is 2.23. The van der Waals surface area contributed by atoms with Crippen LogP contribution in [0.1, 0.15) is 12.8 Å². The molecule has 1 aliphatic heterocycles. The zero-order chi connectivity index (χ0) is 15.5. The minimum absolute atomic E-state index is 0.0579. The van der Waals surface area contributed by atoms with Crippen molar-refractivity contribution in [1.82, 2.24) is 9.62 Å². The van der Waals surface area contributed by atoms with E-state index in [4.69, 9.17) is 10.5 Å². The summed E-state index contributed by atoms with van der Waals surface area (Å²) in [6, 6.07) is 4.29. The molecule has 0 radical (unpaired) electrons. The Morgan fingerprint density at radius 1 is 1.38 bits per heavy atom. The topological polar surface area (TPSA) is 102 Å². The van der Waals surface area contributed by atoms with E-state index in [1.165, 1.54) is 25.3 Å². The maximum atomic E-state index is 12.2. The summed E-state index contributed by atoms with van der Waals surface area (Å²) in [6.07, 6.45) is 1.92. The number of rotatable bonds is 5. The zero-order valence-corrected chi connectivity index (χ0v) is 12.6. The van der Waals surface area contributed by atoms with Gasteiger partial charge in [0.1, 0.15) is 10.6 Å². The van der Waals surface area contributed by atoms with E-state index in [1.54, 1.807) is 4.90 Å². The van der Waals surface area contributed by atoms with Crippen LogP contribution in [0.2, 0.25) is 0 Å². The van der Waals surface area contributed by atoms with E-state index in [0.717, 1.165) is 12.8 Å². The number of nitrogens with two attached hydrogens (primary N) is 1. The number of amides is 1. The molecule has 3 N–H and O–H groups in total. The Labute approximate surface area is 124 Å². The van der Waals surface area contributed by atoms with Gasteiger partial charge in [0.15, 0.2) is 0 Å². The molecule has 0 bridgehead atoms. The quantitative estimate of drug-likeness (QED) is 0.755. The van der Waals surface area contributed by atoms with Crippen molar-refractivity contribution in [2.75, 3.05) is 32.5 Å². The monoisotopic (exact) mass is 313 g/mol. The average Bonchev–Trinajstić information content (AvgIpc) is 2.98. The van der Waals surface area contributed by atoms with Crippen LogP contribution in [0.25, 0.3) is 0 Å². The van der Waals surface area contributed by atoms with Crippen LogP contribution in [0, 0.1) is 0 Å². The minimum atomic E-state index is -3.82. The van der Waals surface area contributed by atoms with Gasteiger partial charge in [-0.1, -0.05) is 0 Å². The Bertz CT molecular complexity index is 624. The molecule has 0 spiro atoms. The molecule has 1 saturated heterocycles. The number of carbonyl (C=O) groups excluding carboxylic acids is 1. The lowest BCUT2D eigenvalue weighted by atomic mass is 10.3. The number of sulfonamides is 1. The fourth-order valence-corrected chi connectivity index (χ4v) is 3.30. The summed E-state index contributed by atoms with van der Waals surface area (Å²) in [5.74, 6) is 0.253. The first kappa shape index (κ1) is 15.6. The molecular weight excluding hydrogens is 294 g/mol. The molecular formula is C13H19N3O4S. The van der Waals surface area contributed by atoms with Gasteiger partial charge in [-0.3, -0.25) is 4.79 Å². The molecule has 1 aliphatic rings. The van der Waals surface area contributed by atoms with Crippen LogP contribution < -0.4 is 15.2 Å². The number of carbonyl (C=O) groups is 1. The van der Waals surface area contributed by atoms with E-state index in [2.05, 4.69) is 4.72 Å². The summed E-state index contributed by atoms with van der Waals surface area (Å²) < 4.78 is 31.6. The maximum absolute atomic E-state index is 12.2. The molecule has 1 aromatic carbocycles. The fraction of sp³-hybridized carbons (Fsp3) is 0.462. The lowest BCUT2D eigenvalue weighted by molar-refractivity contribution is -0.128. The molecule has 0 unspecified atom stereocenters. The maximum Gasteiger partial charge on any atom is 0.243 e. The van der Waals surface area contributed by atoms with E-state index < -0.39 is 10.0 Å². The Morgan fingerprint density at radius 3 is 2.62 bits per heavy atom. The third kappa shape index (κ3) is 3.64. The predicted octanol–water partition coefficient (Wildman–Crippen LogP) is 0.178. The van der Waals surface area contributed by atoms with E-state index in [9.17, 15) is 13.2 Å². The molecule has 2 rings (SSSR count). The highest BCUT2D eigenvalue weighted by atomic mass is 32.2. The van der Waals surface area contributed by atoms with E-state index in [1.807, 2.05) is 0 Å². The van der Waals surface area contributed by atoms with Gasteiger partial charge in [0.25, 0.3) is 0 Å². The number of hydrogen-bond donors (Lipinski definition) is 2. The number of nitrogen functional groups attached to an aromatic ring is 1. The van der Waals surface area contributed by atoms with Crippen molar-refractivity contribution in [2.45, 2.75) is 17.7 Å². The summed E-state index contributed by atoms with van der Waals surface area (Å²) in [5, 5.41) is 0. The van der Waals surface area contributed by atoms with Gasteiger partial charge in [0.05, 0.1) is 19.3 Å².